The van der Waals surface area contributed by atoms with Crippen LogP contribution in [0.2, 0.25) is 5.02 Å². The van der Waals surface area contributed by atoms with Crippen LogP contribution in [0.1, 0.15) is 73.9 Å². The Balaban J connectivity index is 1.86. The maximum atomic E-state index is 15.4. The minimum Gasteiger partial charge on any atom is -0.490 e. The van der Waals surface area contributed by atoms with Crippen molar-refractivity contribution in [2.45, 2.75) is 65.2 Å². The molecule has 2 N–H and O–H groups in total. The van der Waals surface area contributed by atoms with Crippen molar-refractivity contribution in [3.8, 4) is 5.75 Å². The third-order valence-electron chi connectivity index (χ3n) is 6.50. The lowest BCUT2D eigenvalue weighted by atomic mass is 9.93. The second-order valence-electron chi connectivity index (χ2n) is 9.65. The van der Waals surface area contributed by atoms with Gasteiger partial charge in [-0.2, -0.15) is 0 Å². The predicted molar refractivity (Wildman–Crippen MR) is 131 cm³/mol. The minimum absolute atomic E-state index is 0.115. The molecule has 10 heteroatoms. The Hall–Kier alpha value is -2.94. The van der Waals surface area contributed by atoms with Crippen molar-refractivity contribution in [1.29, 1.82) is 0 Å². The lowest BCUT2D eigenvalue weighted by molar-refractivity contribution is 0.0495. The van der Waals surface area contributed by atoms with Crippen molar-refractivity contribution < 1.29 is 18.3 Å². The molecule has 1 aromatic carbocycles. The molecule has 0 saturated carbocycles. The zero-order valence-corrected chi connectivity index (χ0v) is 21.3. The molecule has 1 atom stereocenters. The first-order valence-corrected chi connectivity index (χ1v) is 12.0. The first-order valence-electron chi connectivity index (χ1n) is 11.7. The van der Waals surface area contributed by atoms with Gasteiger partial charge in [0, 0.05) is 37.0 Å². The molecule has 0 radical (unpaired) electrons. The van der Waals surface area contributed by atoms with E-state index in [2.05, 4.69) is 4.98 Å². The SMILES string of the molecule is Cc1nc(C(C)c2cc(Cl)c(F)c(C(=O)N3CCC(C)(F)CC3)c2OC(C)C)n2ccnc(N)c12. The topological polar surface area (TPSA) is 85.8 Å². The maximum absolute atomic E-state index is 15.4. The number of alkyl halides is 1. The van der Waals surface area contributed by atoms with Crippen LogP contribution in [0, 0.1) is 12.7 Å². The van der Waals surface area contributed by atoms with Gasteiger partial charge < -0.3 is 15.4 Å². The number of amides is 1. The molecule has 3 heterocycles. The summed E-state index contributed by atoms with van der Waals surface area (Å²) in [7, 11) is 0. The number of nitrogen functional groups attached to an aromatic ring is 1. The molecule has 2 aromatic heterocycles. The second-order valence-corrected chi connectivity index (χ2v) is 10.1. The fraction of sp³-hybridized carbons (Fsp3) is 0.480. The van der Waals surface area contributed by atoms with Crippen LogP contribution in [-0.4, -0.2) is 50.0 Å². The third-order valence-corrected chi connectivity index (χ3v) is 6.77. The Morgan fingerprint density at radius 2 is 1.94 bits per heavy atom. The summed E-state index contributed by atoms with van der Waals surface area (Å²) in [6.45, 7) is 9.18. The summed E-state index contributed by atoms with van der Waals surface area (Å²) < 4.78 is 37.7. The zero-order chi connectivity index (χ0) is 25.7. The van der Waals surface area contributed by atoms with E-state index in [0.29, 0.717) is 28.4 Å². The largest absolute Gasteiger partial charge is 0.490 e. The van der Waals surface area contributed by atoms with E-state index in [9.17, 15) is 9.18 Å². The highest BCUT2D eigenvalue weighted by atomic mass is 35.5. The molecule has 1 aliphatic heterocycles. The molecule has 0 spiro atoms. The molecule has 7 nitrogen and oxygen atoms in total. The van der Waals surface area contributed by atoms with E-state index in [1.165, 1.54) is 17.9 Å². The number of hydrogen-bond acceptors (Lipinski definition) is 5. The van der Waals surface area contributed by atoms with Crippen molar-refractivity contribution in [2.24, 2.45) is 0 Å². The molecule has 35 heavy (non-hydrogen) atoms. The van der Waals surface area contributed by atoms with Gasteiger partial charge >= 0.3 is 0 Å². The molecule has 188 valence electrons. The minimum atomic E-state index is -1.35. The van der Waals surface area contributed by atoms with E-state index >= 15 is 4.39 Å². The van der Waals surface area contributed by atoms with Crippen LogP contribution in [0.3, 0.4) is 0 Å². The molecular formula is C25H30ClF2N5O2. The van der Waals surface area contributed by atoms with Crippen LogP contribution in [-0.2, 0) is 0 Å². The number of fused-ring (bicyclic) bond motifs is 1. The number of imidazole rings is 1. The summed E-state index contributed by atoms with van der Waals surface area (Å²) in [5.74, 6) is -0.784. The number of benzene rings is 1. The third kappa shape index (κ3) is 4.66. The van der Waals surface area contributed by atoms with Gasteiger partial charge in [0.1, 0.15) is 34.1 Å². The van der Waals surface area contributed by atoms with E-state index in [1.807, 2.05) is 18.2 Å². The van der Waals surface area contributed by atoms with Gasteiger partial charge in [0.25, 0.3) is 5.91 Å². The summed E-state index contributed by atoms with van der Waals surface area (Å²) >= 11 is 6.32. The van der Waals surface area contributed by atoms with Crippen molar-refractivity contribution in [2.75, 3.05) is 18.8 Å². The number of anilines is 1. The first kappa shape index (κ1) is 25.2. The standard InChI is InChI=1S/C25H30ClF2N5O2/c1-13(2)35-21-16(14(3)23-31-15(4)20-22(29)30-8-11-33(20)23)12-17(26)19(27)18(21)24(34)32-9-6-25(5,28)7-10-32/h8,11-14H,6-7,9-10H2,1-5H3,(H2,29,30). The van der Waals surface area contributed by atoms with Crippen molar-refractivity contribution in [1.82, 2.24) is 19.3 Å². The maximum Gasteiger partial charge on any atom is 0.260 e. The highest BCUT2D eigenvalue weighted by molar-refractivity contribution is 6.31. The van der Waals surface area contributed by atoms with E-state index in [1.54, 1.807) is 26.2 Å². The van der Waals surface area contributed by atoms with E-state index < -0.39 is 23.3 Å². The number of carbonyl (C=O) groups is 1. The summed E-state index contributed by atoms with van der Waals surface area (Å²) in [6, 6.07) is 1.48. The number of halogens is 3. The van der Waals surface area contributed by atoms with Crippen molar-refractivity contribution in [3.63, 3.8) is 0 Å². The number of aryl methyl sites for hydroxylation is 1. The summed E-state index contributed by atoms with van der Waals surface area (Å²) in [6.07, 6.45) is 3.34. The van der Waals surface area contributed by atoms with Gasteiger partial charge in [-0.1, -0.05) is 18.5 Å². The average molecular weight is 506 g/mol. The number of carbonyl (C=O) groups excluding carboxylic acids is 1. The average Bonchev–Trinajstić information content (AvgIpc) is 3.13. The Bertz CT molecular complexity index is 1280. The van der Waals surface area contributed by atoms with Crippen molar-refractivity contribution >= 4 is 28.8 Å². The van der Waals surface area contributed by atoms with Crippen LogP contribution in [0.4, 0.5) is 14.6 Å². The van der Waals surface area contributed by atoms with Crippen LogP contribution < -0.4 is 10.5 Å². The van der Waals surface area contributed by atoms with Gasteiger partial charge in [-0.05, 0) is 46.6 Å². The number of nitrogens with zero attached hydrogens (tertiary/aromatic N) is 4. The Labute approximate surface area is 208 Å². The summed E-state index contributed by atoms with van der Waals surface area (Å²) in [5, 5.41) is -0.197. The fourth-order valence-electron chi connectivity index (χ4n) is 4.55. The van der Waals surface area contributed by atoms with Gasteiger partial charge in [0.2, 0.25) is 0 Å². The Kier molecular flexibility index (Phi) is 6.66. The molecule has 1 aliphatic rings. The number of ether oxygens (including phenoxy) is 1. The second kappa shape index (κ2) is 9.26. The number of nitrogens with two attached hydrogens (primary N) is 1. The summed E-state index contributed by atoms with van der Waals surface area (Å²) in [4.78, 5) is 23.8. The Morgan fingerprint density at radius 1 is 1.29 bits per heavy atom. The molecular weight excluding hydrogens is 476 g/mol. The molecule has 4 rings (SSSR count). The van der Waals surface area contributed by atoms with Gasteiger partial charge in [-0.15, -0.1) is 0 Å². The summed E-state index contributed by atoms with van der Waals surface area (Å²) in [5.41, 5.74) is 6.36. The monoisotopic (exact) mass is 505 g/mol. The highest BCUT2D eigenvalue weighted by Gasteiger charge is 2.36. The van der Waals surface area contributed by atoms with Crippen molar-refractivity contribution in [3.05, 3.63) is 51.9 Å². The quantitative estimate of drug-likeness (QED) is 0.507. The van der Waals surface area contributed by atoms with E-state index in [-0.39, 0.29) is 48.4 Å². The number of aromatic nitrogens is 3. The van der Waals surface area contributed by atoms with Crippen LogP contribution in [0.5, 0.6) is 5.75 Å². The number of rotatable bonds is 5. The molecule has 1 saturated heterocycles. The molecule has 0 aliphatic carbocycles. The van der Waals surface area contributed by atoms with E-state index in [0.717, 1.165) is 0 Å². The number of hydrogen-bond donors (Lipinski definition) is 1. The van der Waals surface area contributed by atoms with Crippen LogP contribution >= 0.6 is 11.6 Å². The van der Waals surface area contributed by atoms with Gasteiger partial charge in [-0.25, -0.2) is 18.7 Å². The molecule has 3 aromatic rings. The fourth-order valence-corrected chi connectivity index (χ4v) is 4.76. The lowest BCUT2D eigenvalue weighted by Gasteiger charge is -2.35. The highest BCUT2D eigenvalue weighted by Crippen LogP contribution is 2.41. The predicted octanol–water partition coefficient (Wildman–Crippen LogP) is 5.32. The zero-order valence-electron chi connectivity index (χ0n) is 20.5. The van der Waals surface area contributed by atoms with Gasteiger partial charge in [0.05, 0.1) is 16.8 Å². The number of piperidine rings is 1. The van der Waals surface area contributed by atoms with Gasteiger partial charge in [-0.3, -0.25) is 9.20 Å². The molecule has 1 fully saturated rings. The van der Waals surface area contributed by atoms with Crippen LogP contribution in [0.15, 0.2) is 18.5 Å². The Morgan fingerprint density at radius 3 is 2.57 bits per heavy atom. The first-order chi connectivity index (χ1) is 16.4. The smallest absolute Gasteiger partial charge is 0.260 e. The normalized spacial score (nSPS) is 16.7. The molecule has 1 unspecified atom stereocenters. The molecule has 1 amide bonds. The number of likely N-dealkylation sites (tertiary alicyclic amines) is 1. The molecule has 0 bridgehead atoms. The lowest BCUT2D eigenvalue weighted by Crippen LogP contribution is -2.43. The van der Waals surface area contributed by atoms with Gasteiger partial charge in [0.15, 0.2) is 5.82 Å². The van der Waals surface area contributed by atoms with E-state index in [4.69, 9.17) is 27.1 Å². The van der Waals surface area contributed by atoms with Crippen LogP contribution in [0.25, 0.3) is 5.52 Å².